The maximum Gasteiger partial charge on any atom is 0.283 e. The molecule has 110 valence electrons. The number of nitro benzene ring substituents is 1. The Bertz CT molecular complexity index is 734. The monoisotopic (exact) mass is 368 g/mol. The lowest BCUT2D eigenvalue weighted by molar-refractivity contribution is -0.385. The van der Waals surface area contributed by atoms with Gasteiger partial charge in [-0.1, -0.05) is 18.2 Å². The molecule has 2 rings (SSSR count). The fraction of sp³-hybridized carbons (Fsp3) is 0.143. The first kappa shape index (κ1) is 15.7. The molecule has 2 aromatic carbocycles. The Morgan fingerprint density at radius 1 is 1.33 bits per heavy atom. The second-order valence-corrected chi connectivity index (χ2v) is 6.75. The highest BCUT2D eigenvalue weighted by molar-refractivity contribution is 9.10. The molecule has 0 aliphatic heterocycles. The average Bonchev–Trinajstić information content (AvgIpc) is 2.43. The third-order valence-electron chi connectivity index (χ3n) is 2.96. The molecule has 0 saturated carbocycles. The molecular weight excluding hydrogens is 356 g/mol. The minimum atomic E-state index is -1.37. The summed E-state index contributed by atoms with van der Waals surface area (Å²) in [5.74, 6) is 0.163. The molecule has 1 unspecified atom stereocenters. The van der Waals surface area contributed by atoms with Gasteiger partial charge in [-0.2, -0.15) is 0 Å². The van der Waals surface area contributed by atoms with E-state index in [4.69, 9.17) is 5.73 Å². The van der Waals surface area contributed by atoms with Gasteiger partial charge in [-0.15, -0.1) is 0 Å². The smallest absolute Gasteiger partial charge is 0.283 e. The Kier molecular flexibility index (Phi) is 4.74. The van der Waals surface area contributed by atoms with Crippen molar-refractivity contribution >= 4 is 38.1 Å². The van der Waals surface area contributed by atoms with Gasteiger partial charge in [0, 0.05) is 11.8 Å². The molecule has 0 bridgehead atoms. The van der Waals surface area contributed by atoms with E-state index in [2.05, 4.69) is 15.9 Å². The maximum atomic E-state index is 12.5. The Hall–Kier alpha value is -1.73. The van der Waals surface area contributed by atoms with E-state index < -0.39 is 15.7 Å². The van der Waals surface area contributed by atoms with Gasteiger partial charge in [-0.25, -0.2) is 0 Å². The highest BCUT2D eigenvalue weighted by Crippen LogP contribution is 2.30. The summed E-state index contributed by atoms with van der Waals surface area (Å²) in [6, 6.07) is 10.0. The van der Waals surface area contributed by atoms with Crippen LogP contribution in [0.5, 0.6) is 0 Å². The first-order valence-corrected chi connectivity index (χ1v) is 8.17. The second-order valence-electron chi connectivity index (χ2n) is 4.54. The zero-order chi connectivity index (χ0) is 15.6. The number of anilines is 1. The van der Waals surface area contributed by atoms with E-state index in [1.165, 1.54) is 6.07 Å². The average molecular weight is 369 g/mol. The number of benzene rings is 2. The van der Waals surface area contributed by atoms with Crippen molar-refractivity contribution in [1.82, 2.24) is 0 Å². The largest absolute Gasteiger partial charge is 0.398 e. The molecule has 2 N–H and O–H groups in total. The number of halogens is 1. The lowest BCUT2D eigenvalue weighted by Gasteiger charge is -2.08. The maximum absolute atomic E-state index is 12.5. The number of nitrogen functional groups attached to an aromatic ring is 1. The summed E-state index contributed by atoms with van der Waals surface area (Å²) in [5.41, 5.74) is 7.84. The Morgan fingerprint density at radius 2 is 2.05 bits per heavy atom. The lowest BCUT2D eigenvalue weighted by atomic mass is 10.2. The molecule has 2 aromatic rings. The molecule has 21 heavy (non-hydrogen) atoms. The van der Waals surface area contributed by atoms with Crippen LogP contribution in [0.3, 0.4) is 0 Å². The third-order valence-corrected chi connectivity index (χ3v) is 5.29. The molecule has 0 aliphatic rings. The molecular formula is C14H13BrN2O3S. The van der Waals surface area contributed by atoms with Gasteiger partial charge in [0.25, 0.3) is 5.69 Å². The highest BCUT2D eigenvalue weighted by Gasteiger charge is 2.17. The highest BCUT2D eigenvalue weighted by atomic mass is 79.9. The van der Waals surface area contributed by atoms with E-state index in [1.54, 1.807) is 24.3 Å². The standard InChI is InChI=1S/C14H13BrN2O3S/c1-9-5-6-11(16)13(7-9)21(20)8-10-3-2-4-12(14(10)15)17(18)19/h2-7H,8,16H2,1H3. The van der Waals surface area contributed by atoms with Crippen LogP contribution in [-0.4, -0.2) is 9.13 Å². The zero-order valence-corrected chi connectivity index (χ0v) is 13.6. The summed E-state index contributed by atoms with van der Waals surface area (Å²) in [7, 11) is -1.37. The fourth-order valence-corrected chi connectivity index (χ4v) is 3.94. The molecule has 0 heterocycles. The summed E-state index contributed by atoms with van der Waals surface area (Å²) in [6.07, 6.45) is 0. The summed E-state index contributed by atoms with van der Waals surface area (Å²) >= 11 is 3.21. The molecule has 0 amide bonds. The van der Waals surface area contributed by atoms with E-state index in [0.29, 0.717) is 20.6 Å². The molecule has 0 saturated heterocycles. The van der Waals surface area contributed by atoms with E-state index in [1.807, 2.05) is 13.0 Å². The zero-order valence-electron chi connectivity index (χ0n) is 11.2. The number of hydrogen-bond donors (Lipinski definition) is 1. The predicted octanol–water partition coefficient (Wildman–Crippen LogP) is 3.56. The van der Waals surface area contributed by atoms with Crippen molar-refractivity contribution in [2.45, 2.75) is 17.6 Å². The molecule has 0 spiro atoms. The lowest BCUT2D eigenvalue weighted by Crippen LogP contribution is -2.03. The van der Waals surface area contributed by atoms with Crippen LogP contribution in [0.1, 0.15) is 11.1 Å². The summed E-state index contributed by atoms with van der Waals surface area (Å²) in [6.45, 7) is 1.89. The first-order valence-electron chi connectivity index (χ1n) is 6.06. The molecule has 0 fully saturated rings. The van der Waals surface area contributed by atoms with Crippen LogP contribution in [0.4, 0.5) is 11.4 Å². The number of nitro groups is 1. The van der Waals surface area contributed by atoms with Crippen LogP contribution in [-0.2, 0) is 16.6 Å². The van der Waals surface area contributed by atoms with Crippen molar-refractivity contribution in [3.05, 3.63) is 62.1 Å². The third kappa shape index (κ3) is 3.48. The van der Waals surface area contributed by atoms with Crippen molar-refractivity contribution in [2.24, 2.45) is 0 Å². The number of hydrogen-bond acceptors (Lipinski definition) is 4. The Labute approximate surface area is 132 Å². The van der Waals surface area contributed by atoms with Gasteiger partial charge >= 0.3 is 0 Å². The van der Waals surface area contributed by atoms with E-state index >= 15 is 0 Å². The molecule has 0 aromatic heterocycles. The Morgan fingerprint density at radius 3 is 2.71 bits per heavy atom. The van der Waals surface area contributed by atoms with Gasteiger partial charge in [0.1, 0.15) is 0 Å². The van der Waals surface area contributed by atoms with E-state index in [0.717, 1.165) is 5.56 Å². The minimum Gasteiger partial charge on any atom is -0.398 e. The molecule has 7 heteroatoms. The van der Waals surface area contributed by atoms with Gasteiger partial charge in [-0.3, -0.25) is 14.3 Å². The normalized spacial score (nSPS) is 12.1. The quantitative estimate of drug-likeness (QED) is 0.507. The van der Waals surface area contributed by atoms with Gasteiger partial charge < -0.3 is 5.73 Å². The van der Waals surface area contributed by atoms with Crippen molar-refractivity contribution in [3.63, 3.8) is 0 Å². The second kappa shape index (κ2) is 6.36. The van der Waals surface area contributed by atoms with Crippen LogP contribution in [0.2, 0.25) is 0 Å². The van der Waals surface area contributed by atoms with Crippen LogP contribution >= 0.6 is 15.9 Å². The number of nitrogens with zero attached hydrogens (tertiary/aromatic N) is 1. The molecule has 5 nitrogen and oxygen atoms in total. The number of rotatable bonds is 4. The van der Waals surface area contributed by atoms with Crippen molar-refractivity contribution in [3.8, 4) is 0 Å². The van der Waals surface area contributed by atoms with Crippen molar-refractivity contribution < 1.29 is 9.13 Å². The van der Waals surface area contributed by atoms with Crippen LogP contribution in [0.25, 0.3) is 0 Å². The summed E-state index contributed by atoms with van der Waals surface area (Å²) in [5, 5.41) is 10.9. The molecule has 1 atom stereocenters. The number of aryl methyl sites for hydroxylation is 1. The van der Waals surface area contributed by atoms with Crippen molar-refractivity contribution in [1.29, 1.82) is 0 Å². The van der Waals surface area contributed by atoms with Crippen LogP contribution in [0.15, 0.2) is 45.8 Å². The van der Waals surface area contributed by atoms with Gasteiger partial charge in [-0.05, 0) is 46.1 Å². The predicted molar refractivity (Wildman–Crippen MR) is 86.5 cm³/mol. The SMILES string of the molecule is Cc1ccc(N)c(S(=O)Cc2cccc([N+](=O)[O-])c2Br)c1. The summed E-state index contributed by atoms with van der Waals surface area (Å²) in [4.78, 5) is 11.0. The fourth-order valence-electron chi connectivity index (χ4n) is 1.88. The Balaban J connectivity index is 2.34. The number of nitrogens with two attached hydrogens (primary N) is 1. The van der Waals surface area contributed by atoms with E-state index in [-0.39, 0.29) is 11.4 Å². The topological polar surface area (TPSA) is 86.2 Å². The molecule has 0 aliphatic carbocycles. The molecule has 0 radical (unpaired) electrons. The van der Waals surface area contributed by atoms with Crippen LogP contribution < -0.4 is 5.73 Å². The van der Waals surface area contributed by atoms with Crippen LogP contribution in [0, 0.1) is 17.0 Å². The van der Waals surface area contributed by atoms with Gasteiger partial charge in [0.2, 0.25) is 0 Å². The minimum absolute atomic E-state index is 0.0401. The first-order chi connectivity index (χ1) is 9.90. The summed E-state index contributed by atoms with van der Waals surface area (Å²) < 4.78 is 12.8. The van der Waals surface area contributed by atoms with Gasteiger partial charge in [0.15, 0.2) is 0 Å². The van der Waals surface area contributed by atoms with E-state index in [9.17, 15) is 14.3 Å². The van der Waals surface area contributed by atoms with Crippen molar-refractivity contribution in [2.75, 3.05) is 5.73 Å². The van der Waals surface area contributed by atoms with Gasteiger partial charge in [0.05, 0.1) is 30.8 Å².